The molecule has 0 saturated carbocycles. The highest BCUT2D eigenvalue weighted by molar-refractivity contribution is 5.90. The number of para-hydroxylation sites is 1. The standard InChI is InChI=1S/C18H21N2/c1-13-10-18-17(15(3)14(13)2)11-20(12-19(18)4)16-8-6-5-7-9-16/h5-11H,12H2,1-4H3/q+1. The Hall–Kier alpha value is -2.09. The van der Waals surface area contributed by atoms with E-state index in [0.29, 0.717) is 0 Å². The van der Waals surface area contributed by atoms with E-state index in [0.717, 1.165) is 6.67 Å². The molecular formula is C18H21N2+. The second-order valence-corrected chi connectivity index (χ2v) is 5.65. The fourth-order valence-electron chi connectivity index (χ4n) is 2.84. The predicted octanol–water partition coefficient (Wildman–Crippen LogP) is 3.78. The lowest BCUT2D eigenvalue weighted by atomic mass is 9.96. The van der Waals surface area contributed by atoms with Crippen LogP contribution >= 0.6 is 0 Å². The molecule has 2 aromatic carbocycles. The first kappa shape index (κ1) is 12.9. The van der Waals surface area contributed by atoms with Gasteiger partial charge in [-0.1, -0.05) is 18.2 Å². The predicted molar refractivity (Wildman–Crippen MR) is 85.5 cm³/mol. The van der Waals surface area contributed by atoms with Crippen molar-refractivity contribution >= 4 is 17.6 Å². The van der Waals surface area contributed by atoms with E-state index in [1.165, 1.54) is 33.6 Å². The van der Waals surface area contributed by atoms with Gasteiger partial charge in [0.05, 0.1) is 11.3 Å². The molecule has 0 aliphatic carbocycles. The molecule has 0 N–H and O–H groups in total. The SMILES string of the molecule is Cc1cc2c(c(C)c1C)C=[N+](c1ccccc1)CN2C. The Labute approximate surface area is 121 Å². The molecule has 0 radical (unpaired) electrons. The fraction of sp³-hybridized carbons (Fsp3) is 0.278. The van der Waals surface area contributed by atoms with E-state index in [-0.39, 0.29) is 0 Å². The minimum atomic E-state index is 0.888. The molecule has 2 heteroatoms. The monoisotopic (exact) mass is 265 g/mol. The Bertz CT molecular complexity index is 684. The summed E-state index contributed by atoms with van der Waals surface area (Å²) in [6, 6.07) is 12.9. The zero-order valence-corrected chi connectivity index (χ0v) is 12.6. The van der Waals surface area contributed by atoms with Crippen LogP contribution in [0.1, 0.15) is 22.3 Å². The van der Waals surface area contributed by atoms with Crippen LogP contribution in [0.3, 0.4) is 0 Å². The molecule has 0 spiro atoms. The number of benzene rings is 2. The van der Waals surface area contributed by atoms with E-state index in [1.807, 2.05) is 0 Å². The van der Waals surface area contributed by atoms with Crippen LogP contribution in [0.2, 0.25) is 0 Å². The summed E-state index contributed by atoms with van der Waals surface area (Å²) in [5.74, 6) is 0. The minimum absolute atomic E-state index is 0.888. The Morgan fingerprint density at radius 1 is 1.00 bits per heavy atom. The Balaban J connectivity index is 2.18. The maximum absolute atomic E-state index is 2.32. The Morgan fingerprint density at radius 3 is 2.40 bits per heavy atom. The van der Waals surface area contributed by atoms with Gasteiger partial charge in [-0.2, -0.15) is 4.58 Å². The van der Waals surface area contributed by atoms with Crippen LogP contribution in [0.15, 0.2) is 36.4 Å². The van der Waals surface area contributed by atoms with E-state index in [9.17, 15) is 0 Å². The highest BCUT2D eigenvalue weighted by Gasteiger charge is 2.24. The molecule has 0 saturated heterocycles. The number of anilines is 1. The summed E-state index contributed by atoms with van der Waals surface area (Å²) in [5.41, 5.74) is 8.05. The van der Waals surface area contributed by atoms with E-state index < -0.39 is 0 Å². The first-order chi connectivity index (χ1) is 9.58. The average molecular weight is 265 g/mol. The van der Waals surface area contributed by atoms with Gasteiger partial charge in [-0.15, -0.1) is 0 Å². The number of hydrogen-bond acceptors (Lipinski definition) is 1. The van der Waals surface area contributed by atoms with Crippen molar-refractivity contribution in [1.29, 1.82) is 0 Å². The molecule has 20 heavy (non-hydrogen) atoms. The smallest absolute Gasteiger partial charge is 0.224 e. The number of aryl methyl sites for hydroxylation is 1. The van der Waals surface area contributed by atoms with Crippen LogP contribution in [0.5, 0.6) is 0 Å². The van der Waals surface area contributed by atoms with E-state index in [2.05, 4.69) is 79.9 Å². The van der Waals surface area contributed by atoms with Gasteiger partial charge in [0.1, 0.15) is 0 Å². The molecule has 3 rings (SSSR count). The molecule has 0 amide bonds. The van der Waals surface area contributed by atoms with Crippen LogP contribution in [-0.2, 0) is 0 Å². The van der Waals surface area contributed by atoms with Gasteiger partial charge in [-0.3, -0.25) is 0 Å². The van der Waals surface area contributed by atoms with Gasteiger partial charge in [-0.05, 0) is 43.5 Å². The normalized spacial score (nSPS) is 14.0. The number of nitrogens with zero attached hydrogens (tertiary/aromatic N) is 2. The number of hydrogen-bond donors (Lipinski definition) is 0. The Kier molecular flexibility index (Phi) is 3.09. The molecular weight excluding hydrogens is 244 g/mol. The third-order valence-electron chi connectivity index (χ3n) is 4.34. The Morgan fingerprint density at radius 2 is 1.70 bits per heavy atom. The van der Waals surface area contributed by atoms with Gasteiger partial charge in [0.25, 0.3) is 0 Å². The summed E-state index contributed by atoms with van der Waals surface area (Å²) in [6.45, 7) is 7.51. The molecule has 0 bridgehead atoms. The zero-order chi connectivity index (χ0) is 14.3. The van der Waals surface area contributed by atoms with Crippen molar-refractivity contribution < 1.29 is 4.58 Å². The highest BCUT2D eigenvalue weighted by atomic mass is 15.3. The summed E-state index contributed by atoms with van der Waals surface area (Å²) in [6.07, 6.45) is 2.28. The summed E-state index contributed by atoms with van der Waals surface area (Å²) in [7, 11) is 2.16. The van der Waals surface area contributed by atoms with Gasteiger partial charge in [-0.25, -0.2) is 0 Å². The van der Waals surface area contributed by atoms with Crippen LogP contribution < -0.4 is 4.90 Å². The lowest BCUT2D eigenvalue weighted by Gasteiger charge is -2.26. The van der Waals surface area contributed by atoms with Gasteiger partial charge in [0.15, 0.2) is 6.21 Å². The van der Waals surface area contributed by atoms with Crippen LogP contribution in [0.25, 0.3) is 0 Å². The van der Waals surface area contributed by atoms with Crippen molar-refractivity contribution in [3.05, 3.63) is 58.7 Å². The molecule has 2 nitrogen and oxygen atoms in total. The van der Waals surface area contributed by atoms with Crippen LogP contribution in [0.4, 0.5) is 11.4 Å². The lowest BCUT2D eigenvalue weighted by Crippen LogP contribution is -2.33. The van der Waals surface area contributed by atoms with Crippen LogP contribution in [0, 0.1) is 20.8 Å². The maximum Gasteiger partial charge on any atom is 0.224 e. The van der Waals surface area contributed by atoms with Gasteiger partial charge in [0, 0.05) is 19.2 Å². The van der Waals surface area contributed by atoms with E-state index in [1.54, 1.807) is 0 Å². The second kappa shape index (κ2) is 4.78. The summed E-state index contributed by atoms with van der Waals surface area (Å²) >= 11 is 0. The number of fused-ring (bicyclic) bond motifs is 1. The number of rotatable bonds is 1. The largest absolute Gasteiger partial charge is 0.319 e. The quantitative estimate of drug-likeness (QED) is 0.711. The molecule has 0 fully saturated rings. The molecule has 0 atom stereocenters. The topological polar surface area (TPSA) is 6.25 Å². The van der Waals surface area contributed by atoms with Crippen molar-refractivity contribution in [2.24, 2.45) is 0 Å². The third kappa shape index (κ3) is 2.01. The van der Waals surface area contributed by atoms with Crippen molar-refractivity contribution in [2.75, 3.05) is 18.6 Å². The van der Waals surface area contributed by atoms with Crippen LogP contribution in [-0.4, -0.2) is 24.5 Å². The van der Waals surface area contributed by atoms with Gasteiger partial charge >= 0.3 is 0 Å². The first-order valence-electron chi connectivity index (χ1n) is 7.06. The van der Waals surface area contributed by atoms with E-state index in [4.69, 9.17) is 0 Å². The summed E-state index contributed by atoms with van der Waals surface area (Å²) in [5, 5.41) is 0. The second-order valence-electron chi connectivity index (χ2n) is 5.65. The third-order valence-corrected chi connectivity index (χ3v) is 4.34. The molecule has 0 unspecified atom stereocenters. The van der Waals surface area contributed by atoms with Crippen molar-refractivity contribution in [3.8, 4) is 0 Å². The highest BCUT2D eigenvalue weighted by Crippen LogP contribution is 2.30. The van der Waals surface area contributed by atoms with Crippen molar-refractivity contribution in [2.45, 2.75) is 20.8 Å². The molecule has 102 valence electrons. The molecule has 1 heterocycles. The molecule has 2 aromatic rings. The van der Waals surface area contributed by atoms with Gasteiger partial charge in [0.2, 0.25) is 12.4 Å². The lowest BCUT2D eigenvalue weighted by molar-refractivity contribution is -0.435. The summed E-state index contributed by atoms with van der Waals surface area (Å²) in [4.78, 5) is 2.32. The molecule has 0 aromatic heterocycles. The maximum atomic E-state index is 2.32. The van der Waals surface area contributed by atoms with Crippen molar-refractivity contribution in [1.82, 2.24) is 0 Å². The summed E-state index contributed by atoms with van der Waals surface area (Å²) < 4.78 is 2.31. The van der Waals surface area contributed by atoms with E-state index >= 15 is 0 Å². The average Bonchev–Trinajstić information content (AvgIpc) is 2.47. The first-order valence-corrected chi connectivity index (χ1v) is 7.06. The molecule has 1 aliphatic rings. The molecule has 1 aliphatic heterocycles. The van der Waals surface area contributed by atoms with Gasteiger partial charge < -0.3 is 4.90 Å². The fourth-order valence-corrected chi connectivity index (χ4v) is 2.84. The zero-order valence-electron chi connectivity index (χ0n) is 12.6. The van der Waals surface area contributed by atoms with Crippen molar-refractivity contribution in [3.63, 3.8) is 0 Å². The minimum Gasteiger partial charge on any atom is -0.319 e.